The molecule has 0 fully saturated rings. The van der Waals surface area contributed by atoms with E-state index in [2.05, 4.69) is 50.2 Å². The molecule has 0 atom stereocenters. The first-order chi connectivity index (χ1) is 9.24. The first-order valence-electron chi connectivity index (χ1n) is 6.72. The summed E-state index contributed by atoms with van der Waals surface area (Å²) in [7, 11) is 0. The zero-order valence-electron chi connectivity index (χ0n) is 11.2. The summed E-state index contributed by atoms with van der Waals surface area (Å²) < 4.78 is 3.66. The van der Waals surface area contributed by atoms with Crippen LogP contribution in [-0.4, -0.2) is 0 Å². The van der Waals surface area contributed by atoms with Crippen molar-refractivity contribution in [3.63, 3.8) is 0 Å². The SMILES string of the molecule is CCc1cc(CC)c2sc3ccccc3c(=S)c2c1. The topological polar surface area (TPSA) is 0 Å². The van der Waals surface area contributed by atoms with Gasteiger partial charge in [-0.3, -0.25) is 0 Å². The van der Waals surface area contributed by atoms with Crippen LogP contribution in [-0.2, 0) is 12.8 Å². The summed E-state index contributed by atoms with van der Waals surface area (Å²) in [6.07, 6.45) is 2.13. The summed E-state index contributed by atoms with van der Waals surface area (Å²) in [4.78, 5) is 0. The third kappa shape index (κ3) is 2.09. The molecule has 1 heterocycles. The molecule has 0 radical (unpaired) electrons. The Hall–Kier alpha value is -1.25. The average Bonchev–Trinajstić information content (AvgIpc) is 2.47. The monoisotopic (exact) mass is 284 g/mol. The normalized spacial score (nSPS) is 11.3. The van der Waals surface area contributed by atoms with Gasteiger partial charge in [-0.25, -0.2) is 0 Å². The Labute approximate surface area is 122 Å². The molecule has 0 saturated heterocycles. The molecule has 0 aliphatic rings. The second kappa shape index (κ2) is 5.03. The van der Waals surface area contributed by atoms with E-state index >= 15 is 0 Å². The Morgan fingerprint density at radius 2 is 1.79 bits per heavy atom. The standard InChI is InChI=1S/C17H16S2/c1-3-11-9-12(4-2)17-14(10-11)16(18)13-7-5-6-8-15(13)19-17/h5-10H,3-4H2,1-2H3. The summed E-state index contributed by atoms with van der Waals surface area (Å²) in [6, 6.07) is 13.1. The van der Waals surface area contributed by atoms with Crippen LogP contribution in [0.25, 0.3) is 20.2 Å². The van der Waals surface area contributed by atoms with Crippen LogP contribution in [0.5, 0.6) is 0 Å². The molecule has 0 N–H and O–H groups in total. The first-order valence-corrected chi connectivity index (χ1v) is 7.94. The van der Waals surface area contributed by atoms with Gasteiger partial charge in [-0.15, -0.1) is 11.3 Å². The molecule has 0 nitrogen and oxygen atoms in total. The smallest absolute Gasteiger partial charge is 0.0550 e. The number of rotatable bonds is 2. The third-order valence-electron chi connectivity index (χ3n) is 3.60. The van der Waals surface area contributed by atoms with E-state index < -0.39 is 0 Å². The van der Waals surface area contributed by atoms with Gasteiger partial charge < -0.3 is 0 Å². The summed E-state index contributed by atoms with van der Waals surface area (Å²) in [6.45, 7) is 4.42. The molecular formula is C17H16S2. The van der Waals surface area contributed by atoms with Crippen molar-refractivity contribution in [2.75, 3.05) is 0 Å². The van der Waals surface area contributed by atoms with Crippen molar-refractivity contribution < 1.29 is 0 Å². The lowest BCUT2D eigenvalue weighted by atomic mass is 10.0. The number of fused-ring (bicyclic) bond motifs is 2. The minimum atomic E-state index is 1.01. The van der Waals surface area contributed by atoms with Crippen LogP contribution in [0.2, 0.25) is 0 Å². The van der Waals surface area contributed by atoms with Gasteiger partial charge in [0.2, 0.25) is 0 Å². The van der Waals surface area contributed by atoms with E-state index in [-0.39, 0.29) is 0 Å². The quantitative estimate of drug-likeness (QED) is 0.416. The first kappa shape index (κ1) is 12.8. The van der Waals surface area contributed by atoms with Gasteiger partial charge in [-0.1, -0.05) is 50.3 Å². The Bertz CT molecular complexity index is 812. The van der Waals surface area contributed by atoms with E-state index in [4.69, 9.17) is 12.2 Å². The second-order valence-electron chi connectivity index (χ2n) is 4.77. The molecule has 0 aliphatic carbocycles. The van der Waals surface area contributed by atoms with Crippen LogP contribution in [0.4, 0.5) is 0 Å². The van der Waals surface area contributed by atoms with E-state index in [1.807, 2.05) is 11.3 Å². The van der Waals surface area contributed by atoms with Crippen molar-refractivity contribution in [1.29, 1.82) is 0 Å². The van der Waals surface area contributed by atoms with E-state index in [1.165, 1.54) is 31.3 Å². The molecule has 2 heteroatoms. The highest BCUT2D eigenvalue weighted by Crippen LogP contribution is 2.33. The van der Waals surface area contributed by atoms with Gasteiger partial charge in [0.25, 0.3) is 0 Å². The fraction of sp³-hybridized carbons (Fsp3) is 0.235. The van der Waals surface area contributed by atoms with E-state index in [9.17, 15) is 0 Å². The maximum atomic E-state index is 5.72. The molecule has 3 aromatic rings. The molecule has 1 aromatic heterocycles. The zero-order chi connectivity index (χ0) is 13.4. The van der Waals surface area contributed by atoms with Crippen LogP contribution in [0.3, 0.4) is 0 Å². The van der Waals surface area contributed by atoms with Crippen molar-refractivity contribution in [2.24, 2.45) is 0 Å². The van der Waals surface area contributed by atoms with Crippen molar-refractivity contribution >= 4 is 43.7 Å². The zero-order valence-corrected chi connectivity index (χ0v) is 12.8. The van der Waals surface area contributed by atoms with Crippen molar-refractivity contribution in [1.82, 2.24) is 0 Å². The van der Waals surface area contributed by atoms with Crippen LogP contribution in [0.1, 0.15) is 25.0 Å². The largest absolute Gasteiger partial charge is 0.135 e. The van der Waals surface area contributed by atoms with E-state index in [0.717, 1.165) is 17.4 Å². The van der Waals surface area contributed by atoms with Gasteiger partial charge in [-0.05, 0) is 36.1 Å². The van der Waals surface area contributed by atoms with Crippen LogP contribution < -0.4 is 0 Å². The highest BCUT2D eigenvalue weighted by molar-refractivity contribution is 7.72. The molecule has 0 bridgehead atoms. The number of aryl methyl sites for hydroxylation is 2. The number of benzene rings is 2. The summed E-state index contributed by atoms with van der Waals surface area (Å²) in [5.74, 6) is 0. The average molecular weight is 284 g/mol. The van der Waals surface area contributed by atoms with Gasteiger partial charge in [0.05, 0.1) is 4.51 Å². The molecule has 2 aromatic carbocycles. The highest BCUT2D eigenvalue weighted by Gasteiger charge is 2.07. The van der Waals surface area contributed by atoms with Crippen LogP contribution in [0.15, 0.2) is 36.4 Å². The summed E-state index contributed by atoms with van der Waals surface area (Å²) >= 11 is 7.59. The fourth-order valence-electron chi connectivity index (χ4n) is 2.51. The maximum absolute atomic E-state index is 5.72. The van der Waals surface area contributed by atoms with Crippen LogP contribution in [0, 0.1) is 4.51 Å². The van der Waals surface area contributed by atoms with Crippen molar-refractivity contribution in [3.05, 3.63) is 52.0 Å². The molecule has 3 rings (SSSR count). The Morgan fingerprint density at radius 3 is 2.53 bits per heavy atom. The minimum Gasteiger partial charge on any atom is -0.135 e. The lowest BCUT2D eigenvalue weighted by Crippen LogP contribution is -1.89. The third-order valence-corrected chi connectivity index (χ3v) is 5.31. The lowest BCUT2D eigenvalue weighted by Gasteiger charge is -2.09. The second-order valence-corrected chi connectivity index (χ2v) is 6.23. The van der Waals surface area contributed by atoms with Gasteiger partial charge in [0.1, 0.15) is 0 Å². The van der Waals surface area contributed by atoms with Crippen molar-refractivity contribution in [2.45, 2.75) is 26.7 Å². The van der Waals surface area contributed by atoms with Gasteiger partial charge in [-0.2, -0.15) is 0 Å². The van der Waals surface area contributed by atoms with Gasteiger partial charge in [0.15, 0.2) is 0 Å². The molecule has 0 saturated carbocycles. The minimum absolute atomic E-state index is 1.01. The van der Waals surface area contributed by atoms with Crippen LogP contribution >= 0.6 is 23.6 Å². The van der Waals surface area contributed by atoms with E-state index in [0.29, 0.717) is 0 Å². The molecule has 0 spiro atoms. The molecule has 0 amide bonds. The molecule has 96 valence electrons. The van der Waals surface area contributed by atoms with E-state index in [1.54, 1.807) is 0 Å². The molecular weight excluding hydrogens is 268 g/mol. The fourth-order valence-corrected chi connectivity index (χ4v) is 4.23. The number of hydrogen-bond acceptors (Lipinski definition) is 2. The molecule has 19 heavy (non-hydrogen) atoms. The Balaban J connectivity index is 2.54. The summed E-state index contributed by atoms with van der Waals surface area (Å²) in [5.41, 5.74) is 2.81. The predicted octanol–water partition coefficient (Wildman–Crippen LogP) is 5.91. The lowest BCUT2D eigenvalue weighted by molar-refractivity contribution is 1.11. The van der Waals surface area contributed by atoms with Gasteiger partial charge >= 0.3 is 0 Å². The maximum Gasteiger partial charge on any atom is 0.0550 e. The van der Waals surface area contributed by atoms with Gasteiger partial charge in [0, 0.05) is 20.2 Å². The van der Waals surface area contributed by atoms with Crippen molar-refractivity contribution in [3.8, 4) is 0 Å². The summed E-state index contributed by atoms with van der Waals surface area (Å²) in [5, 5.41) is 2.47. The molecule has 0 aliphatic heterocycles. The Morgan fingerprint density at radius 1 is 1.00 bits per heavy atom. The molecule has 0 unspecified atom stereocenters. The predicted molar refractivity (Wildman–Crippen MR) is 88.9 cm³/mol. The highest BCUT2D eigenvalue weighted by atomic mass is 32.1. The Kier molecular flexibility index (Phi) is 3.38. The number of hydrogen-bond donors (Lipinski definition) is 0.